The van der Waals surface area contributed by atoms with E-state index in [2.05, 4.69) is 38.8 Å². The minimum atomic E-state index is -0.149. The zero-order chi connectivity index (χ0) is 11.1. The lowest BCUT2D eigenvalue weighted by Crippen LogP contribution is -2.41. The van der Waals surface area contributed by atoms with Gasteiger partial charge in [0.25, 0.3) is 0 Å². The average Bonchev–Trinajstić information content (AvgIpc) is 2.20. The molecule has 3 atom stereocenters. The van der Waals surface area contributed by atoms with Gasteiger partial charge in [0.2, 0.25) is 0 Å². The Bertz CT molecular complexity index is 144. The number of hydrogen-bond donors (Lipinski definition) is 1. The van der Waals surface area contributed by atoms with E-state index in [1.165, 1.54) is 0 Å². The van der Waals surface area contributed by atoms with Gasteiger partial charge in [-0.1, -0.05) is 13.8 Å². The topological polar surface area (TPSA) is 21.7 Å². The number of hydrogen-bond acceptors (Lipinski definition) is 4. The molecular formula is C10H23NO2S. The molecule has 0 bridgehead atoms. The fourth-order valence-corrected chi connectivity index (χ4v) is 1.70. The zero-order valence-corrected chi connectivity index (χ0v) is 10.8. The smallest absolute Gasteiger partial charge is 0.172 e. The van der Waals surface area contributed by atoms with E-state index in [-0.39, 0.29) is 12.4 Å². The zero-order valence-electron chi connectivity index (χ0n) is 9.86. The van der Waals surface area contributed by atoms with Crippen LogP contribution in [0.25, 0.3) is 0 Å². The van der Waals surface area contributed by atoms with Crippen molar-refractivity contribution in [2.24, 2.45) is 0 Å². The van der Waals surface area contributed by atoms with Crippen LogP contribution in [0.4, 0.5) is 0 Å². The molecule has 0 N–H and O–H groups in total. The van der Waals surface area contributed by atoms with Crippen molar-refractivity contribution in [1.82, 2.24) is 4.90 Å². The predicted octanol–water partition coefficient (Wildman–Crippen LogP) is 2.33. The first-order chi connectivity index (χ1) is 6.63. The van der Waals surface area contributed by atoms with E-state index in [1.54, 1.807) is 0 Å². The third-order valence-corrected chi connectivity index (χ3v) is 2.54. The Morgan fingerprint density at radius 3 is 2.29 bits per heavy atom. The quantitative estimate of drug-likeness (QED) is 0.571. The summed E-state index contributed by atoms with van der Waals surface area (Å²) < 4.78 is 10.4. The molecule has 0 saturated carbocycles. The van der Waals surface area contributed by atoms with Gasteiger partial charge in [0.1, 0.15) is 0 Å². The predicted molar refractivity (Wildman–Crippen MR) is 62.5 cm³/mol. The normalized spacial score (nSPS) is 32.4. The van der Waals surface area contributed by atoms with Crippen molar-refractivity contribution in [1.29, 1.82) is 0 Å². The van der Waals surface area contributed by atoms with E-state index in [1.807, 2.05) is 13.8 Å². The molecule has 0 aromatic carbocycles. The SMILES string of the molecule is CC.CC1CC(N(C)C)CC(OS)O1. The largest absolute Gasteiger partial charge is 0.349 e. The molecule has 86 valence electrons. The van der Waals surface area contributed by atoms with Crippen LogP contribution in [-0.4, -0.2) is 37.4 Å². The first-order valence-corrected chi connectivity index (χ1v) is 5.62. The molecular weight excluding hydrogens is 198 g/mol. The van der Waals surface area contributed by atoms with Crippen LogP contribution < -0.4 is 0 Å². The average molecular weight is 221 g/mol. The molecule has 1 aliphatic rings. The Labute approximate surface area is 93.4 Å². The summed E-state index contributed by atoms with van der Waals surface area (Å²) in [4.78, 5) is 2.21. The second-order valence-electron chi connectivity index (χ2n) is 3.57. The molecule has 0 aromatic rings. The van der Waals surface area contributed by atoms with Gasteiger partial charge in [-0.2, -0.15) is 0 Å². The monoisotopic (exact) mass is 221 g/mol. The van der Waals surface area contributed by atoms with Gasteiger partial charge in [-0.15, -0.1) is 0 Å². The second-order valence-corrected chi connectivity index (χ2v) is 3.78. The summed E-state index contributed by atoms with van der Waals surface area (Å²) in [6.45, 7) is 6.06. The van der Waals surface area contributed by atoms with E-state index in [0.717, 1.165) is 12.8 Å². The lowest BCUT2D eigenvalue weighted by atomic mass is 10.0. The second kappa shape index (κ2) is 7.51. The molecule has 1 fully saturated rings. The summed E-state index contributed by atoms with van der Waals surface area (Å²) >= 11 is 3.77. The van der Waals surface area contributed by atoms with E-state index in [4.69, 9.17) is 8.92 Å². The highest BCUT2D eigenvalue weighted by molar-refractivity contribution is 7.75. The number of nitrogens with zero attached hydrogens (tertiary/aromatic N) is 1. The maximum absolute atomic E-state index is 5.49. The Morgan fingerprint density at radius 2 is 1.86 bits per heavy atom. The van der Waals surface area contributed by atoms with Crippen molar-refractivity contribution in [3.63, 3.8) is 0 Å². The maximum atomic E-state index is 5.49. The van der Waals surface area contributed by atoms with Gasteiger partial charge in [0.05, 0.1) is 6.10 Å². The highest BCUT2D eigenvalue weighted by Crippen LogP contribution is 2.23. The lowest BCUT2D eigenvalue weighted by molar-refractivity contribution is -0.149. The highest BCUT2D eigenvalue weighted by Gasteiger charge is 2.28. The molecule has 0 aromatic heterocycles. The molecule has 0 spiro atoms. The first kappa shape index (κ1) is 14.2. The molecule has 1 heterocycles. The van der Waals surface area contributed by atoms with Crippen LogP contribution in [0.1, 0.15) is 33.6 Å². The molecule has 3 nitrogen and oxygen atoms in total. The van der Waals surface area contributed by atoms with Crippen molar-refractivity contribution >= 4 is 12.9 Å². The van der Waals surface area contributed by atoms with Gasteiger partial charge in [-0.3, -0.25) is 4.18 Å². The molecule has 1 aliphatic heterocycles. The lowest BCUT2D eigenvalue weighted by Gasteiger charge is -2.35. The molecule has 1 rings (SSSR count). The van der Waals surface area contributed by atoms with E-state index in [9.17, 15) is 0 Å². The van der Waals surface area contributed by atoms with Crippen LogP contribution in [0.2, 0.25) is 0 Å². The van der Waals surface area contributed by atoms with Crippen molar-refractivity contribution in [2.75, 3.05) is 14.1 Å². The van der Waals surface area contributed by atoms with Crippen LogP contribution >= 0.6 is 12.9 Å². The Hall–Kier alpha value is 0.230. The third-order valence-electron chi connectivity index (χ3n) is 2.30. The van der Waals surface area contributed by atoms with Gasteiger partial charge in [0.15, 0.2) is 6.29 Å². The number of thiol groups is 1. The summed E-state index contributed by atoms with van der Waals surface area (Å²) in [7, 11) is 4.16. The minimum Gasteiger partial charge on any atom is -0.349 e. The molecule has 0 radical (unpaired) electrons. The van der Waals surface area contributed by atoms with Crippen molar-refractivity contribution in [3.05, 3.63) is 0 Å². The summed E-state index contributed by atoms with van der Waals surface area (Å²) in [6.07, 6.45) is 2.09. The van der Waals surface area contributed by atoms with Crippen LogP contribution in [0.5, 0.6) is 0 Å². The van der Waals surface area contributed by atoms with Crippen molar-refractivity contribution in [2.45, 2.75) is 52.0 Å². The summed E-state index contributed by atoms with van der Waals surface area (Å²) in [5, 5.41) is 0. The van der Waals surface area contributed by atoms with Crippen molar-refractivity contribution < 1.29 is 8.92 Å². The van der Waals surface area contributed by atoms with Crippen LogP contribution in [0, 0.1) is 0 Å². The first-order valence-electron chi connectivity index (χ1n) is 5.25. The van der Waals surface area contributed by atoms with Gasteiger partial charge in [-0.25, -0.2) is 0 Å². The molecule has 4 heteroatoms. The van der Waals surface area contributed by atoms with Gasteiger partial charge >= 0.3 is 0 Å². The fraction of sp³-hybridized carbons (Fsp3) is 1.00. The van der Waals surface area contributed by atoms with Gasteiger partial charge < -0.3 is 9.64 Å². The van der Waals surface area contributed by atoms with E-state index >= 15 is 0 Å². The van der Waals surface area contributed by atoms with Crippen LogP contribution in [0.3, 0.4) is 0 Å². The standard InChI is InChI=1S/C8H17NO2S.C2H6/c1-6-4-7(9(2)3)5-8(10-6)11-12;1-2/h6-8,12H,4-5H2,1-3H3;1-2H3. The van der Waals surface area contributed by atoms with Crippen LogP contribution in [0.15, 0.2) is 0 Å². The summed E-state index contributed by atoms with van der Waals surface area (Å²) in [5.74, 6) is 0. The highest BCUT2D eigenvalue weighted by atomic mass is 32.1. The Balaban J connectivity index is 0.000000791. The molecule has 14 heavy (non-hydrogen) atoms. The van der Waals surface area contributed by atoms with Crippen molar-refractivity contribution in [3.8, 4) is 0 Å². The molecule has 0 aliphatic carbocycles. The summed E-state index contributed by atoms with van der Waals surface area (Å²) in [6, 6.07) is 0.547. The molecule has 3 unspecified atom stereocenters. The van der Waals surface area contributed by atoms with E-state index in [0.29, 0.717) is 6.04 Å². The fourth-order valence-electron chi connectivity index (χ4n) is 1.56. The number of rotatable bonds is 2. The number of ether oxygens (including phenoxy) is 1. The molecule has 0 amide bonds. The van der Waals surface area contributed by atoms with E-state index < -0.39 is 0 Å². The van der Waals surface area contributed by atoms with Gasteiger partial charge in [-0.05, 0) is 40.3 Å². The maximum Gasteiger partial charge on any atom is 0.172 e. The minimum absolute atomic E-state index is 0.149. The Morgan fingerprint density at radius 1 is 1.29 bits per heavy atom. The molecule has 1 saturated heterocycles. The summed E-state index contributed by atoms with van der Waals surface area (Å²) in [5.41, 5.74) is 0. The Kier molecular flexibility index (Phi) is 7.64. The third kappa shape index (κ3) is 4.64. The van der Waals surface area contributed by atoms with Gasteiger partial charge in [0, 0.05) is 12.5 Å². The van der Waals surface area contributed by atoms with Crippen LogP contribution in [-0.2, 0) is 8.92 Å².